The Morgan fingerprint density at radius 2 is 2.46 bits per heavy atom. The predicted molar refractivity (Wildman–Crippen MR) is 58.3 cm³/mol. The first-order valence-electron chi connectivity index (χ1n) is 4.57. The van der Waals surface area contributed by atoms with Crippen LogP contribution in [0.2, 0.25) is 0 Å². The van der Waals surface area contributed by atoms with Gasteiger partial charge in [0, 0.05) is 24.8 Å². The van der Waals surface area contributed by atoms with Crippen molar-refractivity contribution >= 4 is 11.8 Å². The van der Waals surface area contributed by atoms with Gasteiger partial charge in [0.25, 0.3) is 0 Å². The van der Waals surface area contributed by atoms with E-state index in [-0.39, 0.29) is 0 Å². The van der Waals surface area contributed by atoms with E-state index >= 15 is 0 Å². The third-order valence-electron chi connectivity index (χ3n) is 1.89. The van der Waals surface area contributed by atoms with E-state index < -0.39 is 0 Å². The molecule has 1 aromatic rings. The Labute approximate surface area is 84.1 Å². The highest BCUT2D eigenvalue weighted by molar-refractivity contribution is 7.98. The number of rotatable bonds is 6. The second-order valence-electron chi connectivity index (χ2n) is 3.13. The van der Waals surface area contributed by atoms with Crippen molar-refractivity contribution in [3.8, 4) is 0 Å². The molecule has 0 saturated heterocycles. The highest BCUT2D eigenvalue weighted by Gasteiger charge is 2.03. The van der Waals surface area contributed by atoms with E-state index in [2.05, 4.69) is 18.5 Å². The quantitative estimate of drug-likeness (QED) is 0.711. The fourth-order valence-corrected chi connectivity index (χ4v) is 1.53. The third-order valence-corrected chi connectivity index (χ3v) is 2.50. The summed E-state index contributed by atoms with van der Waals surface area (Å²) in [5, 5.41) is 3.44. The number of hydrogen-bond donors (Lipinski definition) is 1. The van der Waals surface area contributed by atoms with E-state index in [0.717, 1.165) is 18.7 Å². The average molecular weight is 199 g/mol. The summed E-state index contributed by atoms with van der Waals surface area (Å²) in [4.78, 5) is 0. The first-order valence-corrected chi connectivity index (χ1v) is 5.97. The van der Waals surface area contributed by atoms with Crippen LogP contribution in [-0.2, 0) is 6.42 Å². The summed E-state index contributed by atoms with van der Waals surface area (Å²) in [6, 6.07) is 4.45. The molecule has 1 N–H and O–H groups in total. The third kappa shape index (κ3) is 4.39. The number of nitrogens with one attached hydrogen (secondary N) is 1. The van der Waals surface area contributed by atoms with Crippen molar-refractivity contribution in [3.05, 3.63) is 24.2 Å². The van der Waals surface area contributed by atoms with Gasteiger partial charge >= 0.3 is 0 Å². The van der Waals surface area contributed by atoms with Crippen molar-refractivity contribution in [3.63, 3.8) is 0 Å². The van der Waals surface area contributed by atoms with Crippen LogP contribution in [0, 0.1) is 0 Å². The number of hydrogen-bond acceptors (Lipinski definition) is 3. The van der Waals surface area contributed by atoms with Crippen LogP contribution in [0.5, 0.6) is 0 Å². The lowest BCUT2D eigenvalue weighted by Crippen LogP contribution is -2.29. The van der Waals surface area contributed by atoms with Gasteiger partial charge in [-0.2, -0.15) is 11.8 Å². The van der Waals surface area contributed by atoms with Gasteiger partial charge in [0.1, 0.15) is 5.76 Å². The summed E-state index contributed by atoms with van der Waals surface area (Å²) < 4.78 is 5.27. The fourth-order valence-electron chi connectivity index (χ4n) is 1.21. The first-order chi connectivity index (χ1) is 6.33. The van der Waals surface area contributed by atoms with Gasteiger partial charge in [0.15, 0.2) is 0 Å². The van der Waals surface area contributed by atoms with Crippen LogP contribution in [0.4, 0.5) is 0 Å². The molecule has 1 heterocycles. The van der Waals surface area contributed by atoms with E-state index in [1.54, 1.807) is 6.26 Å². The molecule has 0 saturated carbocycles. The largest absolute Gasteiger partial charge is 0.469 e. The Bertz CT molecular complexity index is 211. The minimum absolute atomic E-state index is 0.498. The highest BCUT2D eigenvalue weighted by Crippen LogP contribution is 2.03. The number of thioether (sulfide) groups is 1. The lowest BCUT2D eigenvalue weighted by atomic mass is 10.2. The van der Waals surface area contributed by atoms with Crippen LogP contribution in [-0.4, -0.2) is 24.6 Å². The molecule has 0 aliphatic carbocycles. The molecule has 2 nitrogen and oxygen atoms in total. The molecule has 1 atom stereocenters. The average Bonchev–Trinajstić information content (AvgIpc) is 2.57. The molecule has 0 aromatic carbocycles. The van der Waals surface area contributed by atoms with Crippen molar-refractivity contribution in [1.29, 1.82) is 0 Å². The Morgan fingerprint density at radius 3 is 3.08 bits per heavy atom. The summed E-state index contributed by atoms with van der Waals surface area (Å²) >= 11 is 1.87. The normalized spacial score (nSPS) is 13.1. The van der Waals surface area contributed by atoms with Crippen molar-refractivity contribution in [2.24, 2.45) is 0 Å². The van der Waals surface area contributed by atoms with Gasteiger partial charge in [-0.3, -0.25) is 0 Å². The van der Waals surface area contributed by atoms with Crippen LogP contribution in [0.15, 0.2) is 22.8 Å². The lowest BCUT2D eigenvalue weighted by molar-refractivity contribution is 0.463. The van der Waals surface area contributed by atoms with Crippen molar-refractivity contribution < 1.29 is 4.42 Å². The van der Waals surface area contributed by atoms with Gasteiger partial charge in [-0.1, -0.05) is 0 Å². The molecule has 13 heavy (non-hydrogen) atoms. The lowest BCUT2D eigenvalue weighted by Gasteiger charge is -2.11. The maximum atomic E-state index is 5.27. The Balaban J connectivity index is 2.14. The molecular weight excluding hydrogens is 182 g/mol. The molecule has 1 rings (SSSR count). The van der Waals surface area contributed by atoms with E-state index in [0.29, 0.717) is 6.04 Å². The van der Waals surface area contributed by atoms with Gasteiger partial charge in [-0.05, 0) is 25.3 Å². The molecule has 0 radical (unpaired) electrons. The zero-order valence-electron chi connectivity index (χ0n) is 8.25. The topological polar surface area (TPSA) is 25.2 Å². The van der Waals surface area contributed by atoms with Crippen LogP contribution < -0.4 is 5.32 Å². The van der Waals surface area contributed by atoms with Crippen molar-refractivity contribution in [1.82, 2.24) is 5.32 Å². The van der Waals surface area contributed by atoms with E-state index in [1.807, 2.05) is 23.9 Å². The van der Waals surface area contributed by atoms with E-state index in [4.69, 9.17) is 4.42 Å². The van der Waals surface area contributed by atoms with Crippen molar-refractivity contribution in [2.45, 2.75) is 19.4 Å². The maximum Gasteiger partial charge on any atom is 0.105 e. The molecule has 0 bridgehead atoms. The summed E-state index contributed by atoms with van der Waals surface area (Å²) in [7, 11) is 0. The zero-order valence-corrected chi connectivity index (χ0v) is 9.06. The predicted octanol–water partition coefficient (Wildman–Crippen LogP) is 2.16. The van der Waals surface area contributed by atoms with Crippen LogP contribution >= 0.6 is 11.8 Å². The second kappa shape index (κ2) is 6.11. The molecule has 0 spiro atoms. The molecule has 3 heteroatoms. The first kappa shape index (κ1) is 10.7. The van der Waals surface area contributed by atoms with Crippen LogP contribution in [0.1, 0.15) is 12.7 Å². The minimum Gasteiger partial charge on any atom is -0.469 e. The molecule has 0 aliphatic heterocycles. The SMILES string of the molecule is CSCCNC(C)Cc1ccco1. The summed E-state index contributed by atoms with van der Waals surface area (Å²) in [5.74, 6) is 2.23. The van der Waals surface area contributed by atoms with Gasteiger partial charge in [0.2, 0.25) is 0 Å². The van der Waals surface area contributed by atoms with Crippen LogP contribution in [0.3, 0.4) is 0 Å². The molecule has 0 amide bonds. The van der Waals surface area contributed by atoms with Gasteiger partial charge < -0.3 is 9.73 Å². The Kier molecular flexibility index (Phi) is 5.01. The Morgan fingerprint density at radius 1 is 1.62 bits per heavy atom. The van der Waals surface area contributed by atoms with Gasteiger partial charge in [0.05, 0.1) is 6.26 Å². The molecule has 0 aliphatic rings. The molecule has 0 fully saturated rings. The monoisotopic (exact) mass is 199 g/mol. The summed E-state index contributed by atoms with van der Waals surface area (Å²) in [5.41, 5.74) is 0. The molecular formula is C10H17NOS. The fraction of sp³-hybridized carbons (Fsp3) is 0.600. The highest BCUT2D eigenvalue weighted by atomic mass is 32.2. The molecule has 74 valence electrons. The molecule has 1 aromatic heterocycles. The summed E-state index contributed by atoms with van der Waals surface area (Å²) in [6.45, 7) is 3.26. The van der Waals surface area contributed by atoms with E-state index in [9.17, 15) is 0 Å². The minimum atomic E-state index is 0.498. The smallest absolute Gasteiger partial charge is 0.105 e. The van der Waals surface area contributed by atoms with Gasteiger partial charge in [-0.15, -0.1) is 0 Å². The Hall–Kier alpha value is -0.410. The maximum absolute atomic E-state index is 5.27. The molecule has 1 unspecified atom stereocenters. The second-order valence-corrected chi connectivity index (χ2v) is 4.12. The standard InChI is InChI=1S/C10H17NOS/c1-9(11-5-7-13-2)8-10-4-3-6-12-10/h3-4,6,9,11H,5,7-8H2,1-2H3. The van der Waals surface area contributed by atoms with Gasteiger partial charge in [-0.25, -0.2) is 0 Å². The summed E-state index contributed by atoms with van der Waals surface area (Å²) in [6.07, 6.45) is 4.82. The van der Waals surface area contributed by atoms with Crippen molar-refractivity contribution in [2.75, 3.05) is 18.6 Å². The zero-order chi connectivity index (χ0) is 9.52. The number of furan rings is 1. The van der Waals surface area contributed by atoms with E-state index in [1.165, 1.54) is 5.75 Å². The van der Waals surface area contributed by atoms with Crippen LogP contribution in [0.25, 0.3) is 0 Å².